The van der Waals surface area contributed by atoms with Crippen LogP contribution >= 0.6 is 0 Å². The minimum absolute atomic E-state index is 0.219. The van der Waals surface area contributed by atoms with E-state index >= 15 is 0 Å². The minimum atomic E-state index is -4.34. The van der Waals surface area contributed by atoms with Crippen LogP contribution in [0.5, 0.6) is 0 Å². The van der Waals surface area contributed by atoms with Crippen molar-refractivity contribution in [3.8, 4) is 6.07 Å². The van der Waals surface area contributed by atoms with E-state index in [2.05, 4.69) is 0 Å². The lowest BCUT2D eigenvalue weighted by molar-refractivity contribution is -0.206. The van der Waals surface area contributed by atoms with Gasteiger partial charge in [0.25, 0.3) is 0 Å². The molecule has 0 aromatic heterocycles. The molecule has 0 saturated carbocycles. The molecule has 0 amide bonds. The van der Waals surface area contributed by atoms with E-state index in [1.807, 2.05) is 6.07 Å². The van der Waals surface area contributed by atoms with E-state index in [0.29, 0.717) is 0 Å². The summed E-state index contributed by atoms with van der Waals surface area (Å²) >= 11 is 0. The van der Waals surface area contributed by atoms with Crippen molar-refractivity contribution in [2.24, 2.45) is 0 Å². The van der Waals surface area contributed by atoms with Crippen LogP contribution < -0.4 is 0 Å². The Morgan fingerprint density at radius 2 is 2.07 bits per heavy atom. The van der Waals surface area contributed by atoms with E-state index in [4.69, 9.17) is 5.26 Å². The Hall–Kier alpha value is -1.28. The molecule has 2 nitrogen and oxygen atoms in total. The molecule has 0 N–H and O–H groups in total. The van der Waals surface area contributed by atoms with Gasteiger partial charge in [-0.05, 0) is 26.6 Å². The summed E-state index contributed by atoms with van der Waals surface area (Å²) in [5.41, 5.74) is -1.70. The van der Waals surface area contributed by atoms with Gasteiger partial charge in [0.15, 0.2) is 0 Å². The first-order valence-electron chi connectivity index (χ1n) is 4.37. The number of hydrogen-bond donors (Lipinski definition) is 0. The van der Waals surface area contributed by atoms with Gasteiger partial charge in [-0.25, -0.2) is 0 Å². The Morgan fingerprint density at radius 3 is 2.33 bits per heavy atom. The average Bonchev–Trinajstić information content (AvgIpc) is 2.16. The molecule has 5 heteroatoms. The number of hydrogen-bond acceptors (Lipinski definition) is 2. The van der Waals surface area contributed by atoms with Gasteiger partial charge in [0.05, 0.1) is 6.07 Å². The molecule has 0 heterocycles. The Kier molecular flexibility index (Phi) is 2.91. The van der Waals surface area contributed by atoms with E-state index in [-0.39, 0.29) is 12.0 Å². The molecule has 0 fully saturated rings. The Labute approximate surface area is 86.3 Å². The van der Waals surface area contributed by atoms with Gasteiger partial charge in [-0.15, -0.1) is 0 Å². The molecule has 1 atom stereocenters. The van der Waals surface area contributed by atoms with Crippen molar-refractivity contribution < 1.29 is 13.2 Å². The van der Waals surface area contributed by atoms with Gasteiger partial charge in [0.1, 0.15) is 5.54 Å². The number of rotatable bonds is 1. The second-order valence-corrected chi connectivity index (χ2v) is 3.63. The van der Waals surface area contributed by atoms with Crippen molar-refractivity contribution in [1.82, 2.24) is 4.90 Å². The summed E-state index contributed by atoms with van der Waals surface area (Å²) in [6.45, 7) is 0. The third-order valence-electron chi connectivity index (χ3n) is 2.59. The summed E-state index contributed by atoms with van der Waals surface area (Å²) in [5, 5.41) is 8.54. The summed E-state index contributed by atoms with van der Waals surface area (Å²) in [6.07, 6.45) is -0.983. The Balaban J connectivity index is 3.07. The standard InChI is InChI=1S/C10H11F3N2/c1-15(2)9(10(11,12)13)5-3-8(7-14)4-6-9/h3-5H,6H2,1-2H3. The van der Waals surface area contributed by atoms with Crippen LogP contribution in [-0.4, -0.2) is 30.7 Å². The fraction of sp³-hybridized carbons (Fsp3) is 0.500. The maximum Gasteiger partial charge on any atom is 0.410 e. The molecule has 1 unspecified atom stereocenters. The van der Waals surface area contributed by atoms with Gasteiger partial charge in [-0.1, -0.05) is 12.2 Å². The second kappa shape index (κ2) is 3.70. The van der Waals surface area contributed by atoms with Crippen LogP contribution in [0.3, 0.4) is 0 Å². The van der Waals surface area contributed by atoms with Crippen LogP contribution in [0.1, 0.15) is 6.42 Å². The zero-order valence-electron chi connectivity index (χ0n) is 8.47. The molecular weight excluding hydrogens is 205 g/mol. The van der Waals surface area contributed by atoms with E-state index < -0.39 is 11.7 Å². The summed E-state index contributed by atoms with van der Waals surface area (Å²) in [6, 6.07) is 1.82. The molecular formula is C10H11F3N2. The average molecular weight is 216 g/mol. The molecule has 0 aromatic carbocycles. The molecule has 0 radical (unpaired) electrons. The van der Waals surface area contributed by atoms with Gasteiger partial charge >= 0.3 is 6.18 Å². The van der Waals surface area contributed by atoms with E-state index in [9.17, 15) is 13.2 Å². The van der Waals surface area contributed by atoms with Gasteiger partial charge in [0.2, 0.25) is 0 Å². The number of nitrogens with zero attached hydrogens (tertiary/aromatic N) is 2. The third-order valence-corrected chi connectivity index (χ3v) is 2.59. The van der Waals surface area contributed by atoms with E-state index in [0.717, 1.165) is 11.0 Å². The van der Waals surface area contributed by atoms with Crippen molar-refractivity contribution in [3.63, 3.8) is 0 Å². The Morgan fingerprint density at radius 1 is 1.47 bits per heavy atom. The zero-order chi connectivity index (χ0) is 11.7. The van der Waals surface area contributed by atoms with E-state index in [1.165, 1.54) is 26.2 Å². The van der Waals surface area contributed by atoms with Crippen molar-refractivity contribution >= 4 is 0 Å². The second-order valence-electron chi connectivity index (χ2n) is 3.63. The highest BCUT2D eigenvalue weighted by atomic mass is 19.4. The third kappa shape index (κ3) is 1.90. The van der Waals surface area contributed by atoms with Crippen LogP contribution in [0, 0.1) is 11.3 Å². The predicted molar refractivity (Wildman–Crippen MR) is 49.9 cm³/mol. The highest BCUT2D eigenvalue weighted by Gasteiger charge is 2.54. The lowest BCUT2D eigenvalue weighted by Gasteiger charge is -2.39. The first-order chi connectivity index (χ1) is 6.83. The number of halogens is 3. The zero-order valence-corrected chi connectivity index (χ0v) is 8.47. The van der Waals surface area contributed by atoms with Gasteiger partial charge in [-0.2, -0.15) is 18.4 Å². The fourth-order valence-corrected chi connectivity index (χ4v) is 1.51. The van der Waals surface area contributed by atoms with Crippen LogP contribution in [0.25, 0.3) is 0 Å². The van der Waals surface area contributed by atoms with Gasteiger partial charge in [0, 0.05) is 5.57 Å². The lowest BCUT2D eigenvalue weighted by Crippen LogP contribution is -2.54. The van der Waals surface area contributed by atoms with Crippen molar-refractivity contribution in [2.45, 2.75) is 18.1 Å². The molecule has 0 aromatic rings. The van der Waals surface area contributed by atoms with E-state index in [1.54, 1.807) is 0 Å². The Bertz CT molecular complexity index is 347. The SMILES string of the molecule is CN(C)C1(C(F)(F)F)C=CC(C#N)=CC1. The monoisotopic (exact) mass is 216 g/mol. The van der Waals surface area contributed by atoms with Crippen LogP contribution in [-0.2, 0) is 0 Å². The van der Waals surface area contributed by atoms with Gasteiger partial charge in [-0.3, -0.25) is 4.90 Å². The first kappa shape index (κ1) is 11.8. The topological polar surface area (TPSA) is 27.0 Å². The molecule has 1 aliphatic rings. The fourth-order valence-electron chi connectivity index (χ4n) is 1.51. The highest BCUT2D eigenvalue weighted by molar-refractivity contribution is 5.39. The molecule has 15 heavy (non-hydrogen) atoms. The van der Waals surface area contributed by atoms with Crippen LogP contribution in [0.15, 0.2) is 23.8 Å². The summed E-state index contributed by atoms with van der Waals surface area (Å²) < 4.78 is 38.6. The highest BCUT2D eigenvalue weighted by Crippen LogP contribution is 2.40. The summed E-state index contributed by atoms with van der Waals surface area (Å²) in [7, 11) is 2.76. The predicted octanol–water partition coefficient (Wildman–Crippen LogP) is 2.26. The summed E-state index contributed by atoms with van der Waals surface area (Å²) in [4.78, 5) is 1.12. The van der Waals surface area contributed by atoms with Crippen molar-refractivity contribution in [2.75, 3.05) is 14.1 Å². The van der Waals surface area contributed by atoms with Crippen molar-refractivity contribution in [3.05, 3.63) is 23.8 Å². The maximum atomic E-state index is 12.9. The molecule has 0 bridgehead atoms. The smallest absolute Gasteiger partial charge is 0.292 e. The number of alkyl halides is 3. The molecule has 0 aliphatic heterocycles. The number of nitriles is 1. The maximum absolute atomic E-state index is 12.9. The first-order valence-corrected chi connectivity index (χ1v) is 4.37. The van der Waals surface area contributed by atoms with Gasteiger partial charge < -0.3 is 0 Å². The molecule has 0 saturated heterocycles. The van der Waals surface area contributed by atoms with Crippen LogP contribution in [0.4, 0.5) is 13.2 Å². The number of allylic oxidation sites excluding steroid dienone is 2. The quantitative estimate of drug-likeness (QED) is 0.672. The number of likely N-dealkylation sites (N-methyl/N-ethyl adjacent to an activating group) is 1. The molecule has 1 aliphatic carbocycles. The summed E-state index contributed by atoms with van der Waals surface area (Å²) in [5.74, 6) is 0. The minimum Gasteiger partial charge on any atom is -0.292 e. The normalized spacial score (nSPS) is 26.3. The molecule has 82 valence electrons. The molecule has 0 spiro atoms. The lowest BCUT2D eigenvalue weighted by atomic mass is 9.87. The molecule has 1 rings (SSSR count). The van der Waals surface area contributed by atoms with Crippen LogP contribution in [0.2, 0.25) is 0 Å². The van der Waals surface area contributed by atoms with Crippen molar-refractivity contribution in [1.29, 1.82) is 5.26 Å². The largest absolute Gasteiger partial charge is 0.410 e.